The molecule has 1 aliphatic rings. The van der Waals surface area contributed by atoms with Crippen LogP contribution in [0.5, 0.6) is 0 Å². The Hall–Kier alpha value is -3.22. The van der Waals surface area contributed by atoms with E-state index in [1.165, 1.54) is 4.90 Å². The third-order valence-corrected chi connectivity index (χ3v) is 5.06. The van der Waals surface area contributed by atoms with E-state index in [0.717, 1.165) is 35.6 Å². The van der Waals surface area contributed by atoms with Gasteiger partial charge in [-0.1, -0.05) is 0 Å². The zero-order valence-corrected chi connectivity index (χ0v) is 15.3. The molecule has 0 bridgehead atoms. The van der Waals surface area contributed by atoms with Gasteiger partial charge in [-0.3, -0.25) is 9.59 Å². The Balaban J connectivity index is 1.50. The van der Waals surface area contributed by atoms with E-state index in [1.54, 1.807) is 6.07 Å². The highest BCUT2D eigenvalue weighted by atomic mass is 19.1. The summed E-state index contributed by atoms with van der Waals surface area (Å²) in [6.07, 6.45) is 2.27. The quantitative estimate of drug-likeness (QED) is 0.694. The summed E-state index contributed by atoms with van der Waals surface area (Å²) in [4.78, 5) is 26.5. The van der Waals surface area contributed by atoms with Crippen molar-refractivity contribution in [2.75, 3.05) is 16.8 Å². The van der Waals surface area contributed by atoms with Gasteiger partial charge in [-0.05, 0) is 49.7 Å². The number of halogens is 2. The van der Waals surface area contributed by atoms with Crippen molar-refractivity contribution >= 4 is 34.1 Å². The molecule has 1 N–H and O–H groups in total. The Morgan fingerprint density at radius 2 is 1.89 bits per heavy atom. The van der Waals surface area contributed by atoms with E-state index in [4.69, 9.17) is 0 Å². The number of nitrogens with one attached hydrogen (secondary N) is 1. The number of fused-ring (bicyclic) bond motifs is 1. The molecule has 0 aliphatic carbocycles. The summed E-state index contributed by atoms with van der Waals surface area (Å²) in [6, 6.07) is 10.5. The van der Waals surface area contributed by atoms with E-state index in [0.29, 0.717) is 5.69 Å². The maximum Gasteiger partial charge on any atom is 0.239 e. The zero-order chi connectivity index (χ0) is 19.8. The lowest BCUT2D eigenvalue weighted by atomic mass is 10.1. The molecular weight excluding hydrogens is 364 g/mol. The van der Waals surface area contributed by atoms with Crippen LogP contribution in [0.4, 0.5) is 20.2 Å². The van der Waals surface area contributed by atoms with Crippen LogP contribution in [0.15, 0.2) is 48.7 Å². The van der Waals surface area contributed by atoms with Gasteiger partial charge in [0.2, 0.25) is 11.8 Å². The van der Waals surface area contributed by atoms with Crippen molar-refractivity contribution in [2.24, 2.45) is 5.92 Å². The summed E-state index contributed by atoms with van der Waals surface area (Å²) in [5.74, 6) is -3.28. The van der Waals surface area contributed by atoms with Gasteiger partial charge in [0.25, 0.3) is 0 Å². The predicted octanol–water partition coefficient (Wildman–Crippen LogP) is 3.93. The average molecular weight is 383 g/mol. The Labute approximate surface area is 160 Å². The highest BCUT2D eigenvalue weighted by Crippen LogP contribution is 2.28. The second kappa shape index (κ2) is 7.07. The van der Waals surface area contributed by atoms with Crippen LogP contribution in [0, 0.1) is 17.6 Å². The predicted molar refractivity (Wildman–Crippen MR) is 103 cm³/mol. The summed E-state index contributed by atoms with van der Waals surface area (Å²) in [5.41, 5.74) is 1.80. The van der Waals surface area contributed by atoms with Crippen LogP contribution < -0.4 is 10.2 Å². The summed E-state index contributed by atoms with van der Waals surface area (Å²) in [5, 5.41) is 3.78. The number of aromatic nitrogens is 1. The number of anilines is 2. The van der Waals surface area contributed by atoms with Gasteiger partial charge >= 0.3 is 0 Å². The zero-order valence-electron chi connectivity index (χ0n) is 15.3. The molecule has 1 unspecified atom stereocenters. The number of carbonyl (C=O) groups is 2. The molecule has 5 nitrogen and oxygen atoms in total. The van der Waals surface area contributed by atoms with E-state index in [-0.39, 0.29) is 18.7 Å². The maximum absolute atomic E-state index is 13.4. The van der Waals surface area contributed by atoms with E-state index in [9.17, 15) is 18.4 Å². The average Bonchev–Trinajstić information content (AvgIpc) is 3.23. The number of nitrogens with zero attached hydrogens (tertiary/aromatic N) is 2. The Morgan fingerprint density at radius 1 is 1.14 bits per heavy atom. The summed E-state index contributed by atoms with van der Waals surface area (Å²) < 4.78 is 29.0. The van der Waals surface area contributed by atoms with Crippen molar-refractivity contribution in [1.82, 2.24) is 4.57 Å². The van der Waals surface area contributed by atoms with Gasteiger partial charge in [0.15, 0.2) is 0 Å². The normalized spacial score (nSPS) is 16.8. The van der Waals surface area contributed by atoms with Crippen LogP contribution in [-0.4, -0.2) is 22.9 Å². The summed E-state index contributed by atoms with van der Waals surface area (Å²) in [7, 11) is 0. The van der Waals surface area contributed by atoms with Crippen molar-refractivity contribution in [3.63, 3.8) is 0 Å². The molecule has 2 amide bonds. The third-order valence-electron chi connectivity index (χ3n) is 5.06. The highest BCUT2D eigenvalue weighted by molar-refractivity contribution is 6.13. The molecule has 4 rings (SSSR count). The molecule has 1 saturated heterocycles. The molecule has 7 heteroatoms. The number of rotatable bonds is 4. The van der Waals surface area contributed by atoms with Crippen LogP contribution in [0.3, 0.4) is 0 Å². The first-order valence-corrected chi connectivity index (χ1v) is 9.13. The molecule has 28 heavy (non-hydrogen) atoms. The van der Waals surface area contributed by atoms with Gasteiger partial charge in [0.1, 0.15) is 17.6 Å². The number of aryl methyl sites for hydroxylation is 1. The lowest BCUT2D eigenvalue weighted by molar-refractivity contribution is -0.129. The smallest absolute Gasteiger partial charge is 0.239 e. The van der Waals surface area contributed by atoms with Gasteiger partial charge < -0.3 is 14.8 Å². The topological polar surface area (TPSA) is 54.3 Å². The van der Waals surface area contributed by atoms with Crippen molar-refractivity contribution in [3.8, 4) is 0 Å². The van der Waals surface area contributed by atoms with Gasteiger partial charge in [-0.15, -0.1) is 0 Å². The van der Waals surface area contributed by atoms with Crippen molar-refractivity contribution < 1.29 is 18.4 Å². The number of hydrogen-bond acceptors (Lipinski definition) is 2. The third kappa shape index (κ3) is 3.24. The fraction of sp³-hybridized carbons (Fsp3) is 0.238. The van der Waals surface area contributed by atoms with E-state index in [1.807, 2.05) is 24.4 Å². The Kier molecular flexibility index (Phi) is 4.58. The first-order chi connectivity index (χ1) is 13.5. The minimum absolute atomic E-state index is 0.125. The Morgan fingerprint density at radius 3 is 2.61 bits per heavy atom. The molecule has 1 aliphatic heterocycles. The molecule has 0 spiro atoms. The number of amides is 2. The van der Waals surface area contributed by atoms with E-state index in [2.05, 4.69) is 16.8 Å². The second-order valence-corrected chi connectivity index (χ2v) is 6.82. The molecular formula is C21H19F2N3O2. The standard InChI is InChI=1S/C21H19F2N3O2/c1-2-25-7-5-13-9-16(3-4-19(13)25)24-20(27)18-6-8-26(21(18)28)17-11-14(22)10-15(23)12-17/h3-5,7,9-12,18H,2,6,8H2,1H3,(H,24,27). The van der Waals surface area contributed by atoms with Crippen molar-refractivity contribution in [1.29, 1.82) is 0 Å². The fourth-order valence-corrected chi connectivity index (χ4v) is 3.66. The van der Waals surface area contributed by atoms with Crippen molar-refractivity contribution in [3.05, 3.63) is 60.3 Å². The molecule has 0 radical (unpaired) electrons. The van der Waals surface area contributed by atoms with Gasteiger partial charge in [0, 0.05) is 47.6 Å². The molecule has 1 atom stereocenters. The maximum atomic E-state index is 13.4. The van der Waals surface area contributed by atoms with Crippen LogP contribution >= 0.6 is 0 Å². The monoisotopic (exact) mass is 383 g/mol. The minimum atomic E-state index is -0.887. The number of carbonyl (C=O) groups excluding carboxylic acids is 2. The lowest BCUT2D eigenvalue weighted by Gasteiger charge is -2.17. The largest absolute Gasteiger partial charge is 0.348 e. The molecule has 1 fully saturated rings. The second-order valence-electron chi connectivity index (χ2n) is 6.82. The molecule has 1 aromatic heterocycles. The van der Waals surface area contributed by atoms with Crippen molar-refractivity contribution in [2.45, 2.75) is 19.9 Å². The fourth-order valence-electron chi connectivity index (χ4n) is 3.66. The highest BCUT2D eigenvalue weighted by Gasteiger charge is 2.38. The number of hydrogen-bond donors (Lipinski definition) is 1. The lowest BCUT2D eigenvalue weighted by Crippen LogP contribution is -2.33. The first-order valence-electron chi connectivity index (χ1n) is 9.13. The van der Waals surface area contributed by atoms with Gasteiger partial charge in [-0.2, -0.15) is 0 Å². The molecule has 144 valence electrons. The molecule has 2 heterocycles. The van der Waals surface area contributed by atoms with Crippen LogP contribution in [0.2, 0.25) is 0 Å². The minimum Gasteiger partial charge on any atom is -0.348 e. The van der Waals surface area contributed by atoms with E-state index < -0.39 is 29.4 Å². The van der Waals surface area contributed by atoms with Gasteiger partial charge in [-0.25, -0.2) is 8.78 Å². The first kappa shape index (κ1) is 18.2. The van der Waals surface area contributed by atoms with Crippen LogP contribution in [0.1, 0.15) is 13.3 Å². The molecule has 3 aromatic rings. The SMILES string of the molecule is CCn1ccc2cc(NC(=O)C3CCN(c4cc(F)cc(F)c4)C3=O)ccc21. The number of benzene rings is 2. The van der Waals surface area contributed by atoms with E-state index >= 15 is 0 Å². The molecule has 2 aromatic carbocycles. The Bertz CT molecular complexity index is 1060. The summed E-state index contributed by atoms with van der Waals surface area (Å²) >= 11 is 0. The molecule has 0 saturated carbocycles. The van der Waals surface area contributed by atoms with Gasteiger partial charge in [0.05, 0.1) is 0 Å². The summed E-state index contributed by atoms with van der Waals surface area (Å²) in [6.45, 7) is 3.14. The van der Waals surface area contributed by atoms with Crippen LogP contribution in [0.25, 0.3) is 10.9 Å². The van der Waals surface area contributed by atoms with Crippen LogP contribution in [-0.2, 0) is 16.1 Å².